The van der Waals surface area contributed by atoms with Gasteiger partial charge in [0.25, 0.3) is 5.91 Å². The Kier molecular flexibility index (Phi) is 6.12. The van der Waals surface area contributed by atoms with Crippen molar-refractivity contribution in [1.29, 1.82) is 0 Å². The lowest BCUT2D eigenvalue weighted by Crippen LogP contribution is -2.12. The van der Waals surface area contributed by atoms with Crippen molar-refractivity contribution >= 4 is 11.6 Å². The van der Waals surface area contributed by atoms with Gasteiger partial charge in [-0.1, -0.05) is 6.07 Å². The molecule has 0 aliphatic rings. The van der Waals surface area contributed by atoms with Gasteiger partial charge in [-0.2, -0.15) is 4.98 Å². The fourth-order valence-electron chi connectivity index (χ4n) is 3.11. The van der Waals surface area contributed by atoms with Crippen molar-refractivity contribution in [2.45, 2.75) is 6.92 Å². The van der Waals surface area contributed by atoms with Gasteiger partial charge in [0.2, 0.25) is 0 Å². The summed E-state index contributed by atoms with van der Waals surface area (Å²) in [5.74, 6) is 0.488. The molecule has 0 atom stereocenters. The van der Waals surface area contributed by atoms with Crippen molar-refractivity contribution in [2.75, 3.05) is 19.0 Å². The Morgan fingerprint density at radius 1 is 1.06 bits per heavy atom. The van der Waals surface area contributed by atoms with E-state index in [-0.39, 0.29) is 11.6 Å². The molecule has 0 spiro atoms. The number of carbonyl (C=O) groups excluding carboxylic acids is 1. The van der Waals surface area contributed by atoms with Crippen LogP contribution in [0.25, 0.3) is 17.1 Å². The van der Waals surface area contributed by atoms with E-state index in [2.05, 4.69) is 15.4 Å². The number of amides is 1. The lowest BCUT2D eigenvalue weighted by Gasteiger charge is -2.09. The molecule has 4 rings (SSSR count). The first-order valence-corrected chi connectivity index (χ1v) is 9.99. The molecule has 32 heavy (non-hydrogen) atoms. The molecule has 0 unspecified atom stereocenters. The fourth-order valence-corrected chi connectivity index (χ4v) is 3.11. The Morgan fingerprint density at radius 2 is 1.81 bits per heavy atom. The number of carbonyl (C=O) groups is 1. The number of anilines is 1. The maximum atomic E-state index is 13.4. The normalized spacial score (nSPS) is 10.6. The number of hydrogen-bond acceptors (Lipinski definition) is 5. The van der Waals surface area contributed by atoms with Crippen LogP contribution in [0.2, 0.25) is 0 Å². The van der Waals surface area contributed by atoms with Crippen LogP contribution in [0, 0.1) is 5.82 Å². The molecule has 1 amide bonds. The minimum absolute atomic E-state index is 0.244. The van der Waals surface area contributed by atoms with Crippen molar-refractivity contribution in [2.24, 2.45) is 0 Å². The molecule has 3 aromatic carbocycles. The number of benzene rings is 3. The summed E-state index contributed by atoms with van der Waals surface area (Å²) in [5.41, 5.74) is 2.39. The topological polar surface area (TPSA) is 78.3 Å². The highest BCUT2D eigenvalue weighted by Crippen LogP contribution is 2.26. The summed E-state index contributed by atoms with van der Waals surface area (Å²) in [7, 11) is 1.61. The van der Waals surface area contributed by atoms with Crippen LogP contribution >= 0.6 is 0 Å². The Labute approximate surface area is 184 Å². The fraction of sp³-hybridized carbons (Fsp3) is 0.125. The highest BCUT2D eigenvalue weighted by atomic mass is 19.1. The quantitative estimate of drug-likeness (QED) is 0.457. The van der Waals surface area contributed by atoms with Crippen LogP contribution in [0.15, 0.2) is 72.8 Å². The van der Waals surface area contributed by atoms with Crippen molar-refractivity contribution in [1.82, 2.24) is 14.8 Å². The molecule has 1 aromatic heterocycles. The number of rotatable bonds is 7. The first-order valence-electron chi connectivity index (χ1n) is 9.99. The Bertz CT molecular complexity index is 1220. The SMILES string of the molecule is CCOc1nc(-c2ccc(OC)cc2)n(-c2ccc(NC(=O)c3cccc(F)c3)cc2)n1. The van der Waals surface area contributed by atoms with Gasteiger partial charge in [0, 0.05) is 16.8 Å². The van der Waals surface area contributed by atoms with E-state index in [9.17, 15) is 9.18 Å². The van der Waals surface area contributed by atoms with Crippen molar-refractivity contribution in [3.05, 3.63) is 84.2 Å². The average Bonchev–Trinajstić information content (AvgIpc) is 3.24. The third kappa shape index (κ3) is 4.59. The second-order valence-corrected chi connectivity index (χ2v) is 6.80. The van der Waals surface area contributed by atoms with Gasteiger partial charge in [-0.15, -0.1) is 5.10 Å². The summed E-state index contributed by atoms with van der Waals surface area (Å²) < 4.78 is 25.8. The number of nitrogens with zero attached hydrogens (tertiary/aromatic N) is 3. The Morgan fingerprint density at radius 3 is 2.47 bits per heavy atom. The maximum Gasteiger partial charge on any atom is 0.336 e. The molecule has 0 saturated carbocycles. The van der Waals surface area contributed by atoms with Gasteiger partial charge < -0.3 is 14.8 Å². The van der Waals surface area contributed by atoms with Crippen molar-refractivity contribution < 1.29 is 18.7 Å². The first-order chi connectivity index (χ1) is 15.6. The predicted molar refractivity (Wildman–Crippen MR) is 119 cm³/mol. The van der Waals surface area contributed by atoms with Crippen LogP contribution in [0.3, 0.4) is 0 Å². The molecule has 1 N–H and O–H groups in total. The van der Waals surface area contributed by atoms with Crippen LogP contribution in [0.5, 0.6) is 11.8 Å². The van der Waals surface area contributed by atoms with Gasteiger partial charge in [0.1, 0.15) is 11.6 Å². The van der Waals surface area contributed by atoms with Crippen LogP contribution in [-0.4, -0.2) is 34.4 Å². The number of halogens is 1. The zero-order chi connectivity index (χ0) is 22.5. The summed E-state index contributed by atoms with van der Waals surface area (Å²) in [6.45, 7) is 2.31. The summed E-state index contributed by atoms with van der Waals surface area (Å²) >= 11 is 0. The monoisotopic (exact) mass is 432 g/mol. The molecular formula is C24H21FN4O3. The van der Waals surface area contributed by atoms with Gasteiger partial charge in [0.05, 0.1) is 19.4 Å². The minimum atomic E-state index is -0.463. The molecule has 0 fully saturated rings. The largest absolute Gasteiger partial charge is 0.497 e. The standard InChI is InChI=1S/C24H21FN4O3/c1-3-32-24-27-22(16-7-13-21(31-2)14-8-16)29(28-24)20-11-9-19(10-12-20)26-23(30)17-5-4-6-18(25)15-17/h4-15H,3H2,1-2H3,(H,26,30). The van der Waals surface area contributed by atoms with Crippen LogP contribution in [0.4, 0.5) is 10.1 Å². The molecule has 1 heterocycles. The molecule has 0 saturated heterocycles. The smallest absolute Gasteiger partial charge is 0.336 e. The zero-order valence-corrected chi connectivity index (χ0v) is 17.6. The highest BCUT2D eigenvalue weighted by Gasteiger charge is 2.15. The second kappa shape index (κ2) is 9.30. The Balaban J connectivity index is 1.61. The molecule has 7 nitrogen and oxygen atoms in total. The summed E-state index contributed by atoms with van der Waals surface area (Å²) in [5, 5.41) is 7.22. The molecule has 162 valence electrons. The summed E-state index contributed by atoms with van der Waals surface area (Å²) in [6, 6.07) is 20.4. The lowest BCUT2D eigenvalue weighted by atomic mass is 10.2. The van der Waals surface area contributed by atoms with E-state index >= 15 is 0 Å². The average molecular weight is 432 g/mol. The second-order valence-electron chi connectivity index (χ2n) is 6.80. The van der Waals surface area contributed by atoms with E-state index in [0.717, 1.165) is 17.0 Å². The third-order valence-corrected chi connectivity index (χ3v) is 4.67. The van der Waals surface area contributed by atoms with E-state index in [4.69, 9.17) is 9.47 Å². The van der Waals surface area contributed by atoms with E-state index in [0.29, 0.717) is 18.1 Å². The maximum absolute atomic E-state index is 13.4. The molecule has 0 bridgehead atoms. The van der Waals surface area contributed by atoms with E-state index in [1.807, 2.05) is 31.2 Å². The number of aromatic nitrogens is 3. The van der Waals surface area contributed by atoms with Gasteiger partial charge in [-0.3, -0.25) is 4.79 Å². The van der Waals surface area contributed by atoms with E-state index < -0.39 is 11.7 Å². The summed E-state index contributed by atoms with van der Waals surface area (Å²) in [6.07, 6.45) is 0. The predicted octanol–water partition coefficient (Wildman–Crippen LogP) is 4.73. The minimum Gasteiger partial charge on any atom is -0.497 e. The van der Waals surface area contributed by atoms with Gasteiger partial charge in [-0.05, 0) is 73.7 Å². The molecular weight excluding hydrogens is 411 g/mol. The van der Waals surface area contributed by atoms with Gasteiger partial charge >= 0.3 is 6.01 Å². The van der Waals surface area contributed by atoms with Crippen LogP contribution in [-0.2, 0) is 0 Å². The lowest BCUT2D eigenvalue weighted by molar-refractivity contribution is 0.102. The molecule has 8 heteroatoms. The van der Waals surface area contributed by atoms with Crippen molar-refractivity contribution in [3.63, 3.8) is 0 Å². The first kappa shape index (κ1) is 21.0. The van der Waals surface area contributed by atoms with Crippen molar-refractivity contribution in [3.8, 4) is 28.8 Å². The number of ether oxygens (including phenoxy) is 2. The van der Waals surface area contributed by atoms with E-state index in [1.165, 1.54) is 18.2 Å². The Hall–Kier alpha value is -4.20. The molecule has 4 aromatic rings. The molecule has 0 aliphatic heterocycles. The van der Waals surface area contributed by atoms with Gasteiger partial charge in [0.15, 0.2) is 5.82 Å². The van der Waals surface area contributed by atoms with Gasteiger partial charge in [-0.25, -0.2) is 9.07 Å². The zero-order valence-electron chi connectivity index (χ0n) is 17.6. The summed E-state index contributed by atoms with van der Waals surface area (Å²) in [4.78, 5) is 16.9. The third-order valence-electron chi connectivity index (χ3n) is 4.67. The number of hydrogen-bond donors (Lipinski definition) is 1. The van der Waals surface area contributed by atoms with E-state index in [1.54, 1.807) is 42.1 Å². The molecule has 0 aliphatic carbocycles. The number of methoxy groups -OCH3 is 1. The molecule has 0 radical (unpaired) electrons. The number of nitrogens with one attached hydrogen (secondary N) is 1. The van der Waals surface area contributed by atoms with Crippen LogP contribution in [0.1, 0.15) is 17.3 Å². The highest BCUT2D eigenvalue weighted by molar-refractivity contribution is 6.04. The van der Waals surface area contributed by atoms with Crippen LogP contribution < -0.4 is 14.8 Å².